The van der Waals surface area contributed by atoms with Crippen molar-refractivity contribution in [3.63, 3.8) is 0 Å². The third-order valence-electron chi connectivity index (χ3n) is 3.02. The summed E-state index contributed by atoms with van der Waals surface area (Å²) in [4.78, 5) is 13.4. The number of amides is 1. The van der Waals surface area contributed by atoms with E-state index in [1.807, 2.05) is 11.8 Å². The second-order valence-electron chi connectivity index (χ2n) is 4.21. The van der Waals surface area contributed by atoms with Crippen molar-refractivity contribution in [2.45, 2.75) is 25.4 Å². The molecule has 1 amide bonds. The number of aliphatic hydroxyl groups is 1. The summed E-state index contributed by atoms with van der Waals surface area (Å²) in [6.45, 7) is 1.11. The second kappa shape index (κ2) is 4.53. The standard InChI is InChI=1S/C10H17NO2S/c12-9-6-11(7-9)10(13)5-8-1-3-14-4-2-8/h8-9,12H,1-7H2. The van der Waals surface area contributed by atoms with Crippen molar-refractivity contribution >= 4 is 17.7 Å². The van der Waals surface area contributed by atoms with E-state index in [9.17, 15) is 4.79 Å². The Morgan fingerprint density at radius 2 is 2.00 bits per heavy atom. The van der Waals surface area contributed by atoms with Gasteiger partial charge in [0.05, 0.1) is 6.10 Å². The van der Waals surface area contributed by atoms with E-state index < -0.39 is 0 Å². The van der Waals surface area contributed by atoms with Crippen LogP contribution >= 0.6 is 11.8 Å². The van der Waals surface area contributed by atoms with Crippen molar-refractivity contribution in [3.05, 3.63) is 0 Å². The Balaban J connectivity index is 1.71. The van der Waals surface area contributed by atoms with Gasteiger partial charge in [-0.3, -0.25) is 4.79 Å². The molecule has 0 unspecified atom stereocenters. The molecule has 0 bridgehead atoms. The van der Waals surface area contributed by atoms with E-state index in [0.717, 1.165) is 0 Å². The maximum atomic E-state index is 11.6. The number of carbonyl (C=O) groups excluding carboxylic acids is 1. The van der Waals surface area contributed by atoms with Gasteiger partial charge in [-0.2, -0.15) is 11.8 Å². The van der Waals surface area contributed by atoms with E-state index in [4.69, 9.17) is 5.11 Å². The minimum absolute atomic E-state index is 0.243. The minimum atomic E-state index is -0.263. The molecule has 0 aromatic carbocycles. The molecule has 0 atom stereocenters. The molecule has 14 heavy (non-hydrogen) atoms. The summed E-state index contributed by atoms with van der Waals surface area (Å²) in [5.41, 5.74) is 0. The van der Waals surface area contributed by atoms with Crippen molar-refractivity contribution in [2.75, 3.05) is 24.6 Å². The second-order valence-corrected chi connectivity index (χ2v) is 5.44. The van der Waals surface area contributed by atoms with E-state index in [1.54, 1.807) is 4.90 Å². The van der Waals surface area contributed by atoms with E-state index in [2.05, 4.69) is 0 Å². The number of hydrogen-bond donors (Lipinski definition) is 1. The van der Waals surface area contributed by atoms with Crippen LogP contribution in [0.2, 0.25) is 0 Å². The van der Waals surface area contributed by atoms with Gasteiger partial charge < -0.3 is 10.0 Å². The molecule has 3 nitrogen and oxygen atoms in total. The molecule has 80 valence electrons. The lowest BCUT2D eigenvalue weighted by molar-refractivity contribution is -0.142. The number of aliphatic hydroxyl groups excluding tert-OH is 1. The Kier molecular flexibility index (Phi) is 3.34. The highest BCUT2D eigenvalue weighted by atomic mass is 32.2. The van der Waals surface area contributed by atoms with Crippen LogP contribution in [0.3, 0.4) is 0 Å². The molecule has 2 rings (SSSR count). The van der Waals surface area contributed by atoms with Crippen LogP contribution in [-0.2, 0) is 4.79 Å². The molecule has 0 aromatic rings. The fourth-order valence-corrected chi connectivity index (χ4v) is 3.19. The Labute approximate surface area is 88.9 Å². The molecule has 0 radical (unpaired) electrons. The molecule has 0 aliphatic carbocycles. The zero-order valence-electron chi connectivity index (χ0n) is 8.32. The topological polar surface area (TPSA) is 40.5 Å². The predicted octanol–water partition coefficient (Wildman–Crippen LogP) is 0.723. The Hall–Kier alpha value is -0.220. The normalized spacial score (nSPS) is 24.8. The van der Waals surface area contributed by atoms with Crippen LogP contribution in [0.5, 0.6) is 0 Å². The largest absolute Gasteiger partial charge is 0.389 e. The summed E-state index contributed by atoms with van der Waals surface area (Å²) in [7, 11) is 0. The average molecular weight is 215 g/mol. The number of rotatable bonds is 2. The smallest absolute Gasteiger partial charge is 0.223 e. The summed E-state index contributed by atoms with van der Waals surface area (Å²) in [6, 6.07) is 0. The lowest BCUT2D eigenvalue weighted by atomic mass is 9.97. The Morgan fingerprint density at radius 1 is 1.36 bits per heavy atom. The monoisotopic (exact) mass is 215 g/mol. The van der Waals surface area contributed by atoms with Gasteiger partial charge in [0, 0.05) is 19.5 Å². The van der Waals surface area contributed by atoms with Gasteiger partial charge in [0.25, 0.3) is 0 Å². The van der Waals surface area contributed by atoms with E-state index in [0.29, 0.717) is 25.4 Å². The summed E-state index contributed by atoms with van der Waals surface area (Å²) in [5, 5.41) is 9.08. The quantitative estimate of drug-likeness (QED) is 0.738. The van der Waals surface area contributed by atoms with Crippen LogP contribution in [0.15, 0.2) is 0 Å². The molecule has 4 heteroatoms. The van der Waals surface area contributed by atoms with Gasteiger partial charge in [0.15, 0.2) is 0 Å². The minimum Gasteiger partial charge on any atom is -0.389 e. The average Bonchev–Trinajstić information content (AvgIpc) is 2.14. The maximum Gasteiger partial charge on any atom is 0.223 e. The highest BCUT2D eigenvalue weighted by Crippen LogP contribution is 2.26. The summed E-state index contributed by atoms with van der Waals surface area (Å²) >= 11 is 1.99. The van der Waals surface area contributed by atoms with Crippen LogP contribution in [0, 0.1) is 5.92 Å². The molecule has 0 saturated carbocycles. The number of likely N-dealkylation sites (tertiary alicyclic amines) is 1. The van der Waals surface area contributed by atoms with Crippen LogP contribution in [0.1, 0.15) is 19.3 Å². The molecule has 2 aliphatic rings. The van der Waals surface area contributed by atoms with Crippen molar-refractivity contribution in [1.82, 2.24) is 4.90 Å². The number of hydrogen-bond acceptors (Lipinski definition) is 3. The van der Waals surface area contributed by atoms with Gasteiger partial charge in [-0.15, -0.1) is 0 Å². The molecule has 2 saturated heterocycles. The fraction of sp³-hybridized carbons (Fsp3) is 0.900. The highest BCUT2D eigenvalue weighted by Gasteiger charge is 2.30. The van der Waals surface area contributed by atoms with Gasteiger partial charge >= 0.3 is 0 Å². The van der Waals surface area contributed by atoms with Gasteiger partial charge in [0.1, 0.15) is 0 Å². The molecular weight excluding hydrogens is 198 g/mol. The molecule has 1 N–H and O–H groups in total. The third-order valence-corrected chi connectivity index (χ3v) is 4.07. The zero-order valence-corrected chi connectivity index (χ0v) is 9.13. The molecule has 2 aliphatic heterocycles. The van der Waals surface area contributed by atoms with Crippen LogP contribution in [0.4, 0.5) is 0 Å². The molecule has 2 fully saturated rings. The van der Waals surface area contributed by atoms with E-state index >= 15 is 0 Å². The van der Waals surface area contributed by atoms with Crippen molar-refractivity contribution < 1.29 is 9.90 Å². The first kappa shape index (κ1) is 10.3. The maximum absolute atomic E-state index is 11.6. The third kappa shape index (κ3) is 2.42. The van der Waals surface area contributed by atoms with Crippen LogP contribution in [-0.4, -0.2) is 46.6 Å². The summed E-state index contributed by atoms with van der Waals surface area (Å²) in [6.07, 6.45) is 2.81. The SMILES string of the molecule is O=C(CC1CCSCC1)N1CC(O)C1. The Bertz CT molecular complexity index is 210. The molecule has 0 aromatic heterocycles. The number of thioether (sulfide) groups is 1. The molecular formula is C10H17NO2S. The zero-order chi connectivity index (χ0) is 9.97. The van der Waals surface area contributed by atoms with Gasteiger partial charge in [-0.05, 0) is 30.3 Å². The Morgan fingerprint density at radius 3 is 2.57 bits per heavy atom. The van der Waals surface area contributed by atoms with Gasteiger partial charge in [-0.25, -0.2) is 0 Å². The van der Waals surface area contributed by atoms with Crippen molar-refractivity contribution in [3.8, 4) is 0 Å². The first-order valence-electron chi connectivity index (χ1n) is 5.29. The number of nitrogens with zero attached hydrogens (tertiary/aromatic N) is 1. The number of carbonyl (C=O) groups is 1. The van der Waals surface area contributed by atoms with Crippen LogP contribution in [0.25, 0.3) is 0 Å². The first-order valence-corrected chi connectivity index (χ1v) is 6.45. The predicted molar refractivity (Wildman–Crippen MR) is 57.3 cm³/mol. The van der Waals surface area contributed by atoms with E-state index in [1.165, 1.54) is 24.3 Å². The van der Waals surface area contributed by atoms with Gasteiger partial charge in [-0.1, -0.05) is 0 Å². The van der Waals surface area contributed by atoms with Crippen LogP contribution < -0.4 is 0 Å². The van der Waals surface area contributed by atoms with Crippen molar-refractivity contribution in [2.24, 2.45) is 5.92 Å². The lowest BCUT2D eigenvalue weighted by Crippen LogP contribution is -2.53. The summed E-state index contributed by atoms with van der Waals surface area (Å²) in [5.74, 6) is 3.26. The van der Waals surface area contributed by atoms with E-state index in [-0.39, 0.29) is 12.0 Å². The first-order chi connectivity index (χ1) is 6.75. The lowest BCUT2D eigenvalue weighted by Gasteiger charge is -2.37. The molecule has 2 heterocycles. The summed E-state index contributed by atoms with van der Waals surface area (Å²) < 4.78 is 0. The fourth-order valence-electron chi connectivity index (χ4n) is 1.99. The van der Waals surface area contributed by atoms with Gasteiger partial charge in [0.2, 0.25) is 5.91 Å². The van der Waals surface area contributed by atoms with Crippen molar-refractivity contribution in [1.29, 1.82) is 0 Å². The highest BCUT2D eigenvalue weighted by molar-refractivity contribution is 7.99. The number of β-amino-alcohol motifs (C(OH)–C–C–N with tert-alkyl or cyclic N) is 1. The molecule has 0 spiro atoms.